The molecule has 1 aromatic carbocycles. The molecule has 0 spiro atoms. The van der Waals surface area contributed by atoms with Gasteiger partial charge in [0.2, 0.25) is 0 Å². The third kappa shape index (κ3) is 5.79. The van der Waals surface area contributed by atoms with Crippen molar-refractivity contribution in [3.05, 3.63) is 29.8 Å². The van der Waals surface area contributed by atoms with Crippen LogP contribution < -0.4 is 10.6 Å². The van der Waals surface area contributed by atoms with Crippen molar-refractivity contribution in [2.45, 2.75) is 27.2 Å². The van der Waals surface area contributed by atoms with Crippen LogP contribution in [-0.2, 0) is 24.8 Å². The van der Waals surface area contributed by atoms with Gasteiger partial charge in [-0.1, -0.05) is 12.1 Å². The normalized spacial score (nSPS) is 11.2. The maximum atomic E-state index is 12.6. The van der Waals surface area contributed by atoms with Gasteiger partial charge >= 0.3 is 13.7 Å². The number of ether oxygens (including phenoxy) is 1. The highest BCUT2D eigenvalue weighted by Crippen LogP contribution is 2.46. The van der Waals surface area contributed by atoms with E-state index in [1.807, 2.05) is 12.1 Å². The van der Waals surface area contributed by atoms with E-state index in [0.717, 1.165) is 5.56 Å². The van der Waals surface area contributed by atoms with E-state index in [1.54, 1.807) is 32.9 Å². The number of benzene rings is 1. The van der Waals surface area contributed by atoms with Crippen molar-refractivity contribution < 1.29 is 23.1 Å². The second kappa shape index (κ2) is 9.62. The summed E-state index contributed by atoms with van der Waals surface area (Å²) in [5, 5.41) is 3.19. The highest BCUT2D eigenvalue weighted by atomic mass is 31.2. The molecule has 1 N–H and O–H groups in total. The predicted molar refractivity (Wildman–Crippen MR) is 85.7 cm³/mol. The van der Waals surface area contributed by atoms with Crippen molar-refractivity contribution in [2.75, 3.05) is 26.4 Å². The number of amides is 1. The lowest BCUT2D eigenvalue weighted by Crippen LogP contribution is -2.26. The summed E-state index contributed by atoms with van der Waals surface area (Å²) in [6.45, 7) is 6.79. The quantitative estimate of drug-likeness (QED) is 0.705. The summed E-state index contributed by atoms with van der Waals surface area (Å²) < 4.78 is 28.0. The van der Waals surface area contributed by atoms with Crippen molar-refractivity contribution >= 4 is 19.0 Å². The number of rotatable bonds is 9. The lowest BCUT2D eigenvalue weighted by Gasteiger charge is -2.17. The molecule has 124 valence electrons. The Bertz CT molecular complexity index is 493. The molecule has 0 saturated heterocycles. The summed E-state index contributed by atoms with van der Waals surface area (Å²) in [5.41, 5.74) is 1.01. The molecule has 0 atom stereocenters. The van der Waals surface area contributed by atoms with Crippen molar-refractivity contribution in [2.24, 2.45) is 0 Å². The Hall–Kier alpha value is -1.36. The van der Waals surface area contributed by atoms with Crippen LogP contribution in [0.15, 0.2) is 24.3 Å². The molecule has 0 aliphatic rings. The largest absolute Gasteiger partial charge is 0.450 e. The summed E-state index contributed by atoms with van der Waals surface area (Å²) in [5.74, 6) is 0. The maximum absolute atomic E-state index is 12.6. The summed E-state index contributed by atoms with van der Waals surface area (Å²) in [6.07, 6.45) is 0.239. The van der Waals surface area contributed by atoms with E-state index in [-0.39, 0.29) is 0 Å². The zero-order valence-electron chi connectivity index (χ0n) is 13.3. The summed E-state index contributed by atoms with van der Waals surface area (Å²) in [4.78, 5) is 11.2. The third-order valence-corrected chi connectivity index (χ3v) is 4.94. The van der Waals surface area contributed by atoms with Gasteiger partial charge in [-0.25, -0.2) is 4.79 Å². The molecule has 1 aromatic rings. The molecule has 1 rings (SSSR count). The number of nitrogens with one attached hydrogen (secondary N) is 1. The molecule has 0 aliphatic heterocycles. The van der Waals surface area contributed by atoms with Gasteiger partial charge in [0.1, 0.15) is 0 Å². The minimum Gasteiger partial charge on any atom is -0.450 e. The van der Waals surface area contributed by atoms with Gasteiger partial charge in [-0.05, 0) is 44.9 Å². The van der Waals surface area contributed by atoms with Gasteiger partial charge in [0.25, 0.3) is 0 Å². The Morgan fingerprint density at radius 3 is 2.14 bits per heavy atom. The zero-order chi connectivity index (χ0) is 16.4. The van der Waals surface area contributed by atoms with Gasteiger partial charge in [0, 0.05) is 6.54 Å². The standard InChI is InChI=1S/C15H24NO5P/c1-4-19-15(17)16-12-11-13-7-9-14(10-8-13)22(18,20-5-2)21-6-3/h7-10H,4-6,11-12H2,1-3H3,(H,16,17). The summed E-state index contributed by atoms with van der Waals surface area (Å²) in [6, 6.07) is 7.19. The van der Waals surface area contributed by atoms with Crippen molar-refractivity contribution in [1.29, 1.82) is 0 Å². The number of hydrogen-bond acceptors (Lipinski definition) is 5. The molecule has 1 amide bonds. The first-order valence-electron chi connectivity index (χ1n) is 7.45. The number of carbonyl (C=O) groups excluding carboxylic acids is 1. The van der Waals surface area contributed by atoms with Crippen LogP contribution in [0.25, 0.3) is 0 Å². The van der Waals surface area contributed by atoms with Crippen LogP contribution in [0.1, 0.15) is 26.3 Å². The van der Waals surface area contributed by atoms with Crippen molar-refractivity contribution in [1.82, 2.24) is 5.32 Å². The number of hydrogen-bond donors (Lipinski definition) is 1. The second-order valence-electron chi connectivity index (χ2n) is 4.40. The summed E-state index contributed by atoms with van der Waals surface area (Å²) in [7, 11) is -3.23. The SMILES string of the molecule is CCOC(=O)NCCc1ccc(P(=O)(OCC)OCC)cc1. The fraction of sp³-hybridized carbons (Fsp3) is 0.533. The first-order valence-corrected chi connectivity index (χ1v) is 8.99. The fourth-order valence-corrected chi connectivity index (χ4v) is 3.43. The van der Waals surface area contributed by atoms with E-state index < -0.39 is 13.7 Å². The Morgan fingerprint density at radius 1 is 1.05 bits per heavy atom. The minimum atomic E-state index is -3.23. The van der Waals surface area contributed by atoms with Crippen molar-refractivity contribution in [3.63, 3.8) is 0 Å². The van der Waals surface area contributed by atoms with E-state index in [4.69, 9.17) is 13.8 Å². The molecular formula is C15H24NO5P. The van der Waals surface area contributed by atoms with Crippen LogP contribution in [0.4, 0.5) is 4.79 Å². The Morgan fingerprint density at radius 2 is 1.64 bits per heavy atom. The van der Waals surface area contributed by atoms with Gasteiger partial charge < -0.3 is 19.1 Å². The van der Waals surface area contributed by atoms with Crippen LogP contribution in [0.3, 0.4) is 0 Å². The lowest BCUT2D eigenvalue weighted by molar-refractivity contribution is 0.152. The highest BCUT2D eigenvalue weighted by molar-refractivity contribution is 7.62. The highest BCUT2D eigenvalue weighted by Gasteiger charge is 2.26. The summed E-state index contributed by atoms with van der Waals surface area (Å²) >= 11 is 0. The molecule has 0 heterocycles. The first kappa shape index (κ1) is 18.7. The van der Waals surface area contributed by atoms with E-state index in [2.05, 4.69) is 5.32 Å². The average molecular weight is 329 g/mol. The number of carbonyl (C=O) groups is 1. The number of alkyl carbamates (subject to hydrolysis) is 1. The molecule has 22 heavy (non-hydrogen) atoms. The van der Waals surface area contributed by atoms with Gasteiger partial charge in [-0.2, -0.15) is 0 Å². The lowest BCUT2D eigenvalue weighted by atomic mass is 10.1. The Labute approximate surface area is 131 Å². The molecule has 0 unspecified atom stereocenters. The topological polar surface area (TPSA) is 73.9 Å². The Balaban J connectivity index is 2.61. The van der Waals surface area contributed by atoms with Gasteiger partial charge in [-0.15, -0.1) is 0 Å². The molecule has 0 radical (unpaired) electrons. The minimum absolute atomic E-state index is 0.322. The Kier molecular flexibility index (Phi) is 8.17. The van der Waals surface area contributed by atoms with Crippen LogP contribution >= 0.6 is 7.60 Å². The van der Waals surface area contributed by atoms with Crippen molar-refractivity contribution in [3.8, 4) is 0 Å². The molecule has 0 bridgehead atoms. The zero-order valence-corrected chi connectivity index (χ0v) is 14.2. The smallest absolute Gasteiger partial charge is 0.407 e. The fourth-order valence-electron chi connectivity index (χ4n) is 1.86. The van der Waals surface area contributed by atoms with E-state index in [9.17, 15) is 9.36 Å². The molecule has 0 aliphatic carbocycles. The van der Waals surface area contributed by atoms with Crippen LogP contribution in [0.2, 0.25) is 0 Å². The third-order valence-electron chi connectivity index (χ3n) is 2.81. The van der Waals surface area contributed by atoms with Gasteiger partial charge in [0.15, 0.2) is 0 Å². The van der Waals surface area contributed by atoms with Crippen LogP contribution in [0, 0.1) is 0 Å². The average Bonchev–Trinajstić information content (AvgIpc) is 2.48. The molecular weight excluding hydrogens is 305 g/mol. The van der Waals surface area contributed by atoms with E-state index in [1.165, 1.54) is 0 Å². The molecule has 0 fully saturated rings. The van der Waals surface area contributed by atoms with Gasteiger partial charge in [0.05, 0.1) is 25.1 Å². The molecule has 0 aromatic heterocycles. The second-order valence-corrected chi connectivity index (χ2v) is 6.42. The van der Waals surface area contributed by atoms with Crippen LogP contribution in [-0.4, -0.2) is 32.5 Å². The molecule has 7 heteroatoms. The molecule has 0 saturated carbocycles. The predicted octanol–water partition coefficient (Wildman–Crippen LogP) is 2.87. The maximum Gasteiger partial charge on any atom is 0.407 e. The van der Waals surface area contributed by atoms with E-state index in [0.29, 0.717) is 38.1 Å². The van der Waals surface area contributed by atoms with Crippen LogP contribution in [0.5, 0.6) is 0 Å². The van der Waals surface area contributed by atoms with E-state index >= 15 is 0 Å². The monoisotopic (exact) mass is 329 g/mol. The molecule has 6 nitrogen and oxygen atoms in total. The van der Waals surface area contributed by atoms with Gasteiger partial charge in [-0.3, -0.25) is 4.57 Å². The first-order chi connectivity index (χ1) is 10.6.